The molecule has 0 spiro atoms. The van der Waals surface area contributed by atoms with Crippen LogP contribution in [0.25, 0.3) is 0 Å². The van der Waals surface area contributed by atoms with Gasteiger partial charge in [-0.3, -0.25) is 0 Å². The number of para-hydroxylation sites is 1. The van der Waals surface area contributed by atoms with Gasteiger partial charge in [-0.15, -0.1) is 11.3 Å². The van der Waals surface area contributed by atoms with Crippen LogP contribution in [-0.4, -0.2) is 30.1 Å². The number of fused-ring (bicyclic) bond motifs is 3. The standard InChI is InChI=1S/C27H27FN2O3S/c1-2-33-26(31)21-8-3-5-9-22(21)29-27(32)30-16-15-20-19-7-4-6-10-23(19)34-25(20)24(30)17-11-13-18(28)14-12-17/h3,5,8-9,11-14,24H,2,4,6-7,10,15-16H2,1H3,(H,29,32). The molecule has 1 aliphatic carbocycles. The molecule has 1 N–H and O–H groups in total. The summed E-state index contributed by atoms with van der Waals surface area (Å²) in [4.78, 5) is 30.4. The highest BCUT2D eigenvalue weighted by molar-refractivity contribution is 7.12. The van der Waals surface area contributed by atoms with Gasteiger partial charge in [0.1, 0.15) is 5.82 Å². The maximum atomic E-state index is 13.7. The topological polar surface area (TPSA) is 58.6 Å². The zero-order chi connectivity index (χ0) is 23.7. The van der Waals surface area contributed by atoms with Crippen molar-refractivity contribution in [1.82, 2.24) is 4.90 Å². The maximum absolute atomic E-state index is 13.7. The Kier molecular flexibility index (Phi) is 6.37. The van der Waals surface area contributed by atoms with Gasteiger partial charge in [0.2, 0.25) is 0 Å². The van der Waals surface area contributed by atoms with E-state index in [1.807, 2.05) is 0 Å². The van der Waals surface area contributed by atoms with E-state index in [2.05, 4.69) is 5.32 Å². The second-order valence-corrected chi connectivity index (χ2v) is 9.78. The van der Waals surface area contributed by atoms with Crippen molar-refractivity contribution in [3.05, 3.63) is 86.4 Å². The van der Waals surface area contributed by atoms with E-state index < -0.39 is 5.97 Å². The first kappa shape index (κ1) is 22.6. The predicted octanol–water partition coefficient (Wildman–Crippen LogP) is 6.12. The smallest absolute Gasteiger partial charge is 0.340 e. The Labute approximate surface area is 202 Å². The lowest BCUT2D eigenvalue weighted by atomic mass is 9.88. The summed E-state index contributed by atoms with van der Waals surface area (Å²) in [6, 6.07) is 12.7. The first-order valence-corrected chi connectivity index (χ1v) is 12.6. The molecule has 5 nitrogen and oxygen atoms in total. The molecule has 0 saturated carbocycles. The van der Waals surface area contributed by atoms with E-state index in [9.17, 15) is 14.0 Å². The Hall–Kier alpha value is -3.19. The van der Waals surface area contributed by atoms with Crippen LogP contribution in [0.15, 0.2) is 48.5 Å². The quantitative estimate of drug-likeness (QED) is 0.460. The van der Waals surface area contributed by atoms with Gasteiger partial charge >= 0.3 is 12.0 Å². The van der Waals surface area contributed by atoms with Crippen molar-refractivity contribution in [2.24, 2.45) is 0 Å². The van der Waals surface area contributed by atoms with Crippen LogP contribution in [-0.2, 0) is 24.0 Å². The van der Waals surface area contributed by atoms with Crippen LogP contribution in [0, 0.1) is 5.82 Å². The van der Waals surface area contributed by atoms with Crippen LogP contribution < -0.4 is 5.32 Å². The van der Waals surface area contributed by atoms with Gasteiger partial charge in [0, 0.05) is 16.3 Å². The Morgan fingerprint density at radius 2 is 1.82 bits per heavy atom. The number of nitrogens with one attached hydrogen (secondary N) is 1. The first-order chi connectivity index (χ1) is 16.6. The number of hydrogen-bond donors (Lipinski definition) is 1. The molecule has 0 radical (unpaired) electrons. The predicted molar refractivity (Wildman–Crippen MR) is 131 cm³/mol. The van der Waals surface area contributed by atoms with Gasteiger partial charge in [0.25, 0.3) is 0 Å². The number of aryl methyl sites for hydroxylation is 1. The third-order valence-corrected chi connectivity index (χ3v) is 7.97. The molecule has 1 aliphatic heterocycles. The molecule has 1 unspecified atom stereocenters. The molecular formula is C27H27FN2O3S. The van der Waals surface area contributed by atoms with E-state index >= 15 is 0 Å². The SMILES string of the molecule is CCOC(=O)c1ccccc1NC(=O)N1CCc2c(sc3c2CCCC3)C1c1ccc(F)cc1. The molecule has 0 saturated heterocycles. The zero-order valence-electron chi connectivity index (χ0n) is 19.1. The minimum absolute atomic E-state index is 0.256. The minimum Gasteiger partial charge on any atom is -0.462 e. The molecule has 7 heteroatoms. The van der Waals surface area contributed by atoms with Gasteiger partial charge in [-0.1, -0.05) is 24.3 Å². The van der Waals surface area contributed by atoms with Crippen molar-refractivity contribution >= 4 is 29.0 Å². The van der Waals surface area contributed by atoms with E-state index in [4.69, 9.17) is 4.74 Å². The normalized spacial score (nSPS) is 17.0. The highest BCUT2D eigenvalue weighted by Gasteiger charge is 2.36. The molecule has 34 heavy (non-hydrogen) atoms. The van der Waals surface area contributed by atoms with Crippen molar-refractivity contribution in [2.75, 3.05) is 18.5 Å². The second-order valence-electron chi connectivity index (χ2n) is 8.65. The van der Waals surface area contributed by atoms with E-state index in [0.29, 0.717) is 17.8 Å². The van der Waals surface area contributed by atoms with Gasteiger partial charge in [-0.25, -0.2) is 14.0 Å². The number of ether oxygens (including phenoxy) is 1. The number of anilines is 1. The van der Waals surface area contributed by atoms with Crippen molar-refractivity contribution in [2.45, 2.75) is 45.1 Å². The van der Waals surface area contributed by atoms with Crippen LogP contribution in [0.1, 0.15) is 62.6 Å². The number of amides is 2. The molecule has 3 aromatic rings. The van der Waals surface area contributed by atoms with E-state index in [0.717, 1.165) is 24.8 Å². The van der Waals surface area contributed by atoms with Gasteiger partial charge < -0.3 is 15.0 Å². The summed E-state index contributed by atoms with van der Waals surface area (Å²) < 4.78 is 18.9. The number of rotatable bonds is 4. The van der Waals surface area contributed by atoms with Crippen LogP contribution in [0.4, 0.5) is 14.9 Å². The van der Waals surface area contributed by atoms with Crippen molar-refractivity contribution < 1.29 is 18.7 Å². The van der Waals surface area contributed by atoms with Crippen LogP contribution in [0.5, 0.6) is 0 Å². The number of hydrogen-bond acceptors (Lipinski definition) is 4. The molecule has 0 fully saturated rings. The second kappa shape index (κ2) is 9.58. The molecule has 2 amide bonds. The van der Waals surface area contributed by atoms with Crippen LogP contribution >= 0.6 is 11.3 Å². The molecule has 1 aromatic heterocycles. The van der Waals surface area contributed by atoms with E-state index in [1.165, 1.54) is 45.9 Å². The summed E-state index contributed by atoms with van der Waals surface area (Å²) in [6.45, 7) is 2.55. The van der Waals surface area contributed by atoms with E-state index in [1.54, 1.807) is 59.6 Å². The number of carbonyl (C=O) groups is 2. The van der Waals surface area contributed by atoms with Crippen molar-refractivity contribution in [3.8, 4) is 0 Å². The van der Waals surface area contributed by atoms with Crippen LogP contribution in [0.3, 0.4) is 0 Å². The zero-order valence-corrected chi connectivity index (χ0v) is 19.9. The lowest BCUT2D eigenvalue weighted by Crippen LogP contribution is -2.42. The largest absolute Gasteiger partial charge is 0.462 e. The molecule has 2 aromatic carbocycles. The van der Waals surface area contributed by atoms with Crippen molar-refractivity contribution in [3.63, 3.8) is 0 Å². The molecule has 2 aliphatic rings. The van der Waals surface area contributed by atoms with Gasteiger partial charge in [0.15, 0.2) is 0 Å². The minimum atomic E-state index is -0.472. The van der Waals surface area contributed by atoms with Crippen LogP contribution in [0.2, 0.25) is 0 Å². The third-order valence-electron chi connectivity index (χ3n) is 6.59. The summed E-state index contributed by atoms with van der Waals surface area (Å²) in [5, 5.41) is 2.94. The van der Waals surface area contributed by atoms with Gasteiger partial charge in [-0.2, -0.15) is 0 Å². The number of esters is 1. The number of thiophene rings is 1. The monoisotopic (exact) mass is 478 g/mol. The Morgan fingerprint density at radius 3 is 2.62 bits per heavy atom. The van der Waals surface area contributed by atoms with Crippen molar-refractivity contribution in [1.29, 1.82) is 0 Å². The summed E-state index contributed by atoms with van der Waals surface area (Å²) >= 11 is 1.80. The lowest BCUT2D eigenvalue weighted by Gasteiger charge is -2.36. The Bertz CT molecular complexity index is 1220. The molecule has 176 valence electrons. The average Bonchev–Trinajstić information content (AvgIpc) is 3.23. The molecule has 0 bridgehead atoms. The van der Waals surface area contributed by atoms with Gasteiger partial charge in [-0.05, 0) is 80.0 Å². The number of halogens is 1. The fourth-order valence-corrected chi connectivity index (χ4v) is 6.60. The summed E-state index contributed by atoms with van der Waals surface area (Å²) in [6.07, 6.45) is 5.37. The average molecular weight is 479 g/mol. The summed E-state index contributed by atoms with van der Waals surface area (Å²) in [5.41, 5.74) is 4.45. The fourth-order valence-electron chi connectivity index (χ4n) is 5.01. The number of benzene rings is 2. The number of carbonyl (C=O) groups excluding carboxylic acids is 2. The highest BCUT2D eigenvalue weighted by atomic mass is 32.1. The third kappa shape index (κ3) is 4.20. The van der Waals surface area contributed by atoms with Gasteiger partial charge in [0.05, 0.1) is 23.9 Å². The Morgan fingerprint density at radius 1 is 1.06 bits per heavy atom. The highest BCUT2D eigenvalue weighted by Crippen LogP contribution is 2.45. The maximum Gasteiger partial charge on any atom is 0.340 e. The number of urea groups is 1. The molecular weight excluding hydrogens is 451 g/mol. The van der Waals surface area contributed by atoms with E-state index in [-0.39, 0.29) is 24.5 Å². The lowest BCUT2D eigenvalue weighted by molar-refractivity contribution is 0.0527. The molecule has 5 rings (SSSR count). The molecule has 1 atom stereocenters. The summed E-state index contributed by atoms with van der Waals surface area (Å²) in [7, 11) is 0. The summed E-state index contributed by atoms with van der Waals surface area (Å²) in [5.74, 6) is -0.773. The molecule has 2 heterocycles. The Balaban J connectivity index is 1.51. The first-order valence-electron chi connectivity index (χ1n) is 11.8. The number of nitrogens with zero attached hydrogens (tertiary/aromatic N) is 1. The fraction of sp³-hybridized carbons (Fsp3) is 0.333.